The number of benzene rings is 2. The van der Waals surface area contributed by atoms with Crippen molar-refractivity contribution in [3.63, 3.8) is 0 Å². The first-order chi connectivity index (χ1) is 8.47. The molecule has 0 spiro atoms. The van der Waals surface area contributed by atoms with Crippen LogP contribution in [0, 0.1) is 0 Å². The maximum absolute atomic E-state index is 12.5. The number of halogens is 3. The first-order valence-corrected chi connectivity index (χ1v) is 5.10. The van der Waals surface area contributed by atoms with Crippen molar-refractivity contribution in [3.05, 3.63) is 54.1 Å². The minimum Gasteiger partial charge on any atom is -0.504 e. The van der Waals surface area contributed by atoms with Gasteiger partial charge in [-0.1, -0.05) is 18.2 Å². The van der Waals surface area contributed by atoms with Crippen LogP contribution in [0.3, 0.4) is 0 Å². The van der Waals surface area contributed by atoms with Gasteiger partial charge in [-0.25, -0.2) is 0 Å². The lowest BCUT2D eigenvalue weighted by atomic mass is 10.2. The van der Waals surface area contributed by atoms with Crippen molar-refractivity contribution < 1.29 is 23.0 Å². The molecule has 2 aromatic rings. The van der Waals surface area contributed by atoms with Crippen LogP contribution < -0.4 is 4.74 Å². The summed E-state index contributed by atoms with van der Waals surface area (Å²) in [6.07, 6.45) is -4.47. The van der Waals surface area contributed by atoms with Gasteiger partial charge >= 0.3 is 6.18 Å². The number of aromatic hydroxyl groups is 1. The van der Waals surface area contributed by atoms with Crippen molar-refractivity contribution in [2.24, 2.45) is 0 Å². The average Bonchev–Trinajstić information content (AvgIpc) is 2.32. The van der Waals surface area contributed by atoms with Crippen LogP contribution in [0.15, 0.2) is 48.5 Å². The van der Waals surface area contributed by atoms with E-state index in [4.69, 9.17) is 4.74 Å². The van der Waals surface area contributed by atoms with Crippen LogP contribution >= 0.6 is 0 Å². The molecule has 0 radical (unpaired) electrons. The fraction of sp³-hybridized carbons (Fsp3) is 0.0769. The van der Waals surface area contributed by atoms with E-state index in [9.17, 15) is 18.3 Å². The van der Waals surface area contributed by atoms with Gasteiger partial charge in [0.25, 0.3) is 0 Å². The van der Waals surface area contributed by atoms with E-state index in [0.717, 1.165) is 18.2 Å². The van der Waals surface area contributed by atoms with E-state index in [-0.39, 0.29) is 11.5 Å². The van der Waals surface area contributed by atoms with Gasteiger partial charge in [0, 0.05) is 0 Å². The Labute approximate surface area is 101 Å². The average molecular weight is 254 g/mol. The zero-order chi connectivity index (χ0) is 13.2. The standard InChI is InChI=1S/C13H9F3O2/c14-13(15,16)9-6-7-11(17)12(8-9)18-10-4-2-1-3-5-10/h1-8,17H. The third kappa shape index (κ3) is 2.74. The summed E-state index contributed by atoms with van der Waals surface area (Å²) in [6.45, 7) is 0. The maximum atomic E-state index is 12.5. The number of hydrogen-bond donors (Lipinski definition) is 1. The molecule has 0 aliphatic heterocycles. The normalized spacial score (nSPS) is 11.3. The number of para-hydroxylation sites is 1. The van der Waals surface area contributed by atoms with Gasteiger partial charge in [-0.15, -0.1) is 0 Å². The molecule has 0 aliphatic carbocycles. The molecule has 2 rings (SSSR count). The number of hydrogen-bond acceptors (Lipinski definition) is 2. The van der Waals surface area contributed by atoms with Crippen LogP contribution in [0.1, 0.15) is 5.56 Å². The summed E-state index contributed by atoms with van der Waals surface area (Å²) < 4.78 is 42.7. The Kier molecular flexibility index (Phi) is 3.14. The summed E-state index contributed by atoms with van der Waals surface area (Å²) in [6, 6.07) is 10.8. The molecule has 0 heterocycles. The van der Waals surface area contributed by atoms with Crippen molar-refractivity contribution in [1.82, 2.24) is 0 Å². The first kappa shape index (κ1) is 12.3. The molecule has 0 aromatic heterocycles. The van der Waals surface area contributed by atoms with Crippen molar-refractivity contribution in [1.29, 1.82) is 0 Å². The van der Waals surface area contributed by atoms with E-state index in [1.165, 1.54) is 0 Å². The van der Waals surface area contributed by atoms with Gasteiger partial charge in [0.1, 0.15) is 5.75 Å². The summed E-state index contributed by atoms with van der Waals surface area (Å²) in [4.78, 5) is 0. The van der Waals surface area contributed by atoms with Gasteiger partial charge in [-0.05, 0) is 30.3 Å². The Morgan fingerprint density at radius 1 is 0.944 bits per heavy atom. The van der Waals surface area contributed by atoms with Gasteiger partial charge in [-0.2, -0.15) is 13.2 Å². The molecule has 1 N–H and O–H groups in total. The van der Waals surface area contributed by atoms with Crippen LogP contribution in [0.25, 0.3) is 0 Å². The summed E-state index contributed by atoms with van der Waals surface area (Å²) in [7, 11) is 0. The smallest absolute Gasteiger partial charge is 0.416 e. The molecule has 2 aromatic carbocycles. The van der Waals surface area contributed by atoms with Gasteiger partial charge in [0.2, 0.25) is 0 Å². The molecular formula is C13H9F3O2. The van der Waals surface area contributed by atoms with E-state index in [1.54, 1.807) is 30.3 Å². The van der Waals surface area contributed by atoms with Crippen LogP contribution in [0.2, 0.25) is 0 Å². The second-order valence-corrected chi connectivity index (χ2v) is 3.60. The second-order valence-electron chi connectivity index (χ2n) is 3.60. The largest absolute Gasteiger partial charge is 0.504 e. The van der Waals surface area contributed by atoms with E-state index in [1.807, 2.05) is 0 Å². The molecule has 0 bridgehead atoms. The van der Waals surface area contributed by atoms with Gasteiger partial charge in [-0.3, -0.25) is 0 Å². The first-order valence-electron chi connectivity index (χ1n) is 5.10. The Balaban J connectivity index is 2.33. The Bertz CT molecular complexity index is 536. The minimum atomic E-state index is -4.47. The fourth-order valence-electron chi connectivity index (χ4n) is 1.39. The second kappa shape index (κ2) is 4.60. The molecule has 0 fully saturated rings. The molecular weight excluding hydrogens is 245 g/mol. The van der Waals surface area contributed by atoms with Crippen molar-refractivity contribution in [3.8, 4) is 17.2 Å². The molecule has 0 saturated carbocycles. The molecule has 0 unspecified atom stereocenters. The number of alkyl halides is 3. The molecule has 94 valence electrons. The monoisotopic (exact) mass is 254 g/mol. The van der Waals surface area contributed by atoms with Crippen molar-refractivity contribution in [2.45, 2.75) is 6.18 Å². The topological polar surface area (TPSA) is 29.5 Å². The van der Waals surface area contributed by atoms with E-state index in [2.05, 4.69) is 0 Å². The highest BCUT2D eigenvalue weighted by Gasteiger charge is 2.31. The Morgan fingerprint density at radius 3 is 2.22 bits per heavy atom. The number of ether oxygens (including phenoxy) is 1. The van der Waals surface area contributed by atoms with Crippen LogP contribution in [-0.4, -0.2) is 5.11 Å². The predicted molar refractivity (Wildman–Crippen MR) is 59.6 cm³/mol. The van der Waals surface area contributed by atoms with Gasteiger partial charge in [0.05, 0.1) is 5.56 Å². The highest BCUT2D eigenvalue weighted by atomic mass is 19.4. The van der Waals surface area contributed by atoms with Crippen molar-refractivity contribution >= 4 is 0 Å². The summed E-state index contributed by atoms with van der Waals surface area (Å²) in [5, 5.41) is 9.47. The van der Waals surface area contributed by atoms with E-state index >= 15 is 0 Å². The van der Waals surface area contributed by atoms with Crippen LogP contribution in [0.4, 0.5) is 13.2 Å². The Morgan fingerprint density at radius 2 is 1.61 bits per heavy atom. The SMILES string of the molecule is Oc1ccc(C(F)(F)F)cc1Oc1ccccc1. The third-order valence-corrected chi connectivity index (χ3v) is 2.26. The lowest BCUT2D eigenvalue weighted by Crippen LogP contribution is -2.04. The summed E-state index contributed by atoms with van der Waals surface area (Å²) in [5.74, 6) is -0.213. The van der Waals surface area contributed by atoms with Gasteiger partial charge in [0.15, 0.2) is 11.5 Å². The van der Waals surface area contributed by atoms with E-state index < -0.39 is 11.7 Å². The number of rotatable bonds is 2. The highest BCUT2D eigenvalue weighted by Crippen LogP contribution is 2.37. The van der Waals surface area contributed by atoms with Crippen molar-refractivity contribution in [2.75, 3.05) is 0 Å². The molecule has 0 saturated heterocycles. The quantitative estimate of drug-likeness (QED) is 0.870. The van der Waals surface area contributed by atoms with Crippen LogP contribution in [-0.2, 0) is 6.18 Å². The molecule has 0 aliphatic rings. The molecule has 2 nitrogen and oxygen atoms in total. The Hall–Kier alpha value is -2.17. The third-order valence-electron chi connectivity index (χ3n) is 2.26. The molecule has 0 amide bonds. The molecule has 0 atom stereocenters. The van der Waals surface area contributed by atoms with Gasteiger partial charge < -0.3 is 9.84 Å². The van der Waals surface area contributed by atoms with Crippen LogP contribution in [0.5, 0.6) is 17.2 Å². The summed E-state index contributed by atoms with van der Waals surface area (Å²) >= 11 is 0. The maximum Gasteiger partial charge on any atom is 0.416 e. The predicted octanol–water partition coefficient (Wildman–Crippen LogP) is 4.20. The number of phenolic OH excluding ortho intramolecular Hbond substituents is 1. The summed E-state index contributed by atoms with van der Waals surface area (Å²) in [5.41, 5.74) is -0.869. The van der Waals surface area contributed by atoms with E-state index in [0.29, 0.717) is 5.75 Å². The minimum absolute atomic E-state index is 0.226. The molecule has 5 heteroatoms. The zero-order valence-electron chi connectivity index (χ0n) is 9.11. The molecule has 18 heavy (non-hydrogen) atoms. The highest BCUT2D eigenvalue weighted by molar-refractivity contribution is 5.45. The number of phenols is 1. The zero-order valence-corrected chi connectivity index (χ0v) is 9.11. The lowest BCUT2D eigenvalue weighted by molar-refractivity contribution is -0.137. The lowest BCUT2D eigenvalue weighted by Gasteiger charge is -2.11. The fourth-order valence-corrected chi connectivity index (χ4v) is 1.39.